The van der Waals surface area contributed by atoms with E-state index in [-0.39, 0.29) is 6.03 Å². The Labute approximate surface area is 140 Å². The number of likely N-dealkylation sites (tertiary alicyclic amines) is 1. The summed E-state index contributed by atoms with van der Waals surface area (Å²) in [5.41, 5.74) is 3.41. The molecule has 1 N–H and O–H groups in total. The molecule has 1 saturated carbocycles. The third kappa shape index (κ3) is 3.54. The fraction of sp³-hybridized carbons (Fsp3) is 0.650. The van der Waals surface area contributed by atoms with E-state index >= 15 is 0 Å². The maximum Gasteiger partial charge on any atom is 0.322 e. The molecule has 126 valence electrons. The molecule has 0 aromatic heterocycles. The molecule has 3 rings (SSSR count). The summed E-state index contributed by atoms with van der Waals surface area (Å²) in [4.78, 5) is 15.0. The molecular formula is C20H30N2O. The van der Waals surface area contributed by atoms with Crippen molar-refractivity contribution in [2.24, 2.45) is 5.92 Å². The molecule has 0 radical (unpaired) electrons. The maximum absolute atomic E-state index is 12.9. The Morgan fingerprint density at radius 2 is 1.96 bits per heavy atom. The van der Waals surface area contributed by atoms with Crippen molar-refractivity contribution in [1.29, 1.82) is 0 Å². The number of carbonyl (C=O) groups excluding carboxylic acids is 1. The highest BCUT2D eigenvalue weighted by Gasteiger charge is 2.35. The minimum Gasteiger partial charge on any atom is -0.321 e. The van der Waals surface area contributed by atoms with Gasteiger partial charge in [0.2, 0.25) is 0 Å². The molecule has 2 aliphatic rings. The number of carbonyl (C=O) groups is 1. The minimum absolute atomic E-state index is 0.113. The second-order valence-electron chi connectivity index (χ2n) is 7.19. The molecule has 1 atom stereocenters. The van der Waals surface area contributed by atoms with Gasteiger partial charge < -0.3 is 10.2 Å². The molecule has 1 aliphatic heterocycles. The number of rotatable bonds is 3. The van der Waals surface area contributed by atoms with Crippen LogP contribution < -0.4 is 5.32 Å². The van der Waals surface area contributed by atoms with Crippen LogP contribution in [0.15, 0.2) is 18.2 Å². The van der Waals surface area contributed by atoms with Crippen LogP contribution in [0.1, 0.15) is 63.0 Å². The van der Waals surface area contributed by atoms with Gasteiger partial charge in [-0.05, 0) is 56.1 Å². The van der Waals surface area contributed by atoms with Gasteiger partial charge in [0.1, 0.15) is 0 Å². The maximum atomic E-state index is 12.9. The van der Waals surface area contributed by atoms with Crippen LogP contribution in [0.3, 0.4) is 0 Å². The van der Waals surface area contributed by atoms with Crippen LogP contribution in [-0.2, 0) is 6.42 Å². The molecule has 1 saturated heterocycles. The zero-order valence-corrected chi connectivity index (χ0v) is 14.6. The normalized spacial score (nSPS) is 22.3. The molecule has 1 heterocycles. The fourth-order valence-corrected chi connectivity index (χ4v) is 4.43. The van der Waals surface area contributed by atoms with E-state index < -0.39 is 0 Å². The van der Waals surface area contributed by atoms with Crippen molar-refractivity contribution < 1.29 is 4.79 Å². The first-order chi connectivity index (χ1) is 11.2. The highest BCUT2D eigenvalue weighted by Crippen LogP contribution is 2.34. The van der Waals surface area contributed by atoms with Gasteiger partial charge in [0.15, 0.2) is 0 Å². The Bertz CT molecular complexity index is 549. The van der Waals surface area contributed by atoms with Crippen LogP contribution in [0.4, 0.5) is 10.5 Å². The summed E-state index contributed by atoms with van der Waals surface area (Å²) in [5, 5.41) is 3.23. The number of hydrogen-bond donors (Lipinski definition) is 1. The Balaban J connectivity index is 1.72. The van der Waals surface area contributed by atoms with Crippen LogP contribution in [0.2, 0.25) is 0 Å². The number of hydrogen-bond acceptors (Lipinski definition) is 1. The average molecular weight is 314 g/mol. The summed E-state index contributed by atoms with van der Waals surface area (Å²) < 4.78 is 0. The van der Waals surface area contributed by atoms with Gasteiger partial charge in [-0.1, -0.05) is 44.4 Å². The van der Waals surface area contributed by atoms with Crippen LogP contribution in [0.5, 0.6) is 0 Å². The predicted octanol–water partition coefficient (Wildman–Crippen LogP) is 5.13. The highest BCUT2D eigenvalue weighted by molar-refractivity contribution is 5.91. The van der Waals surface area contributed by atoms with Gasteiger partial charge in [-0.25, -0.2) is 4.79 Å². The molecule has 2 fully saturated rings. The number of para-hydroxylation sites is 1. The number of nitrogens with one attached hydrogen (secondary N) is 1. The third-order valence-corrected chi connectivity index (χ3v) is 5.73. The summed E-state index contributed by atoms with van der Waals surface area (Å²) in [6.07, 6.45) is 9.96. The highest BCUT2D eigenvalue weighted by atomic mass is 16.2. The quantitative estimate of drug-likeness (QED) is 0.823. The molecule has 1 aromatic rings. The summed E-state index contributed by atoms with van der Waals surface area (Å²) in [6.45, 7) is 5.14. The third-order valence-electron chi connectivity index (χ3n) is 5.73. The van der Waals surface area contributed by atoms with Gasteiger partial charge in [-0.3, -0.25) is 0 Å². The summed E-state index contributed by atoms with van der Waals surface area (Å²) >= 11 is 0. The Hall–Kier alpha value is -1.51. The Morgan fingerprint density at radius 3 is 2.70 bits per heavy atom. The number of urea groups is 1. The van der Waals surface area contributed by atoms with E-state index in [1.54, 1.807) is 0 Å². The summed E-state index contributed by atoms with van der Waals surface area (Å²) in [6, 6.07) is 6.85. The molecule has 1 aliphatic carbocycles. The van der Waals surface area contributed by atoms with Crippen LogP contribution >= 0.6 is 0 Å². The Kier molecular flexibility index (Phi) is 5.24. The van der Waals surface area contributed by atoms with Gasteiger partial charge >= 0.3 is 6.03 Å². The van der Waals surface area contributed by atoms with Gasteiger partial charge in [0.05, 0.1) is 0 Å². The van der Waals surface area contributed by atoms with Crippen molar-refractivity contribution in [3.8, 4) is 0 Å². The lowest BCUT2D eigenvalue weighted by atomic mass is 9.83. The molecule has 3 heteroatoms. The molecule has 0 spiro atoms. The van der Waals surface area contributed by atoms with Crippen molar-refractivity contribution in [3.05, 3.63) is 29.3 Å². The second-order valence-corrected chi connectivity index (χ2v) is 7.19. The lowest BCUT2D eigenvalue weighted by molar-refractivity contribution is 0.166. The van der Waals surface area contributed by atoms with Crippen LogP contribution in [0, 0.1) is 12.8 Å². The summed E-state index contributed by atoms with van der Waals surface area (Å²) in [7, 11) is 0. The van der Waals surface area contributed by atoms with Gasteiger partial charge in [-0.15, -0.1) is 0 Å². The van der Waals surface area contributed by atoms with Gasteiger partial charge in [0.25, 0.3) is 0 Å². The van der Waals surface area contributed by atoms with Gasteiger partial charge in [0, 0.05) is 18.3 Å². The van der Waals surface area contributed by atoms with E-state index in [1.165, 1.54) is 44.1 Å². The van der Waals surface area contributed by atoms with Crippen LogP contribution in [-0.4, -0.2) is 23.5 Å². The van der Waals surface area contributed by atoms with Crippen molar-refractivity contribution in [2.75, 3.05) is 11.9 Å². The number of aryl methyl sites for hydroxylation is 2. The van der Waals surface area contributed by atoms with E-state index in [9.17, 15) is 4.79 Å². The zero-order valence-electron chi connectivity index (χ0n) is 14.6. The first-order valence-corrected chi connectivity index (χ1v) is 9.36. The van der Waals surface area contributed by atoms with E-state index in [4.69, 9.17) is 0 Å². The van der Waals surface area contributed by atoms with E-state index in [0.717, 1.165) is 36.6 Å². The van der Waals surface area contributed by atoms with Crippen molar-refractivity contribution >= 4 is 11.7 Å². The van der Waals surface area contributed by atoms with Crippen molar-refractivity contribution in [1.82, 2.24) is 4.90 Å². The fourth-order valence-electron chi connectivity index (χ4n) is 4.43. The number of amides is 2. The average Bonchev–Trinajstić information content (AvgIpc) is 3.07. The number of benzene rings is 1. The predicted molar refractivity (Wildman–Crippen MR) is 95.9 cm³/mol. The standard InChI is InChI=1S/C20H30N2O/c1-3-16-12-7-9-15(2)19(16)21-20(23)22-14-8-13-18(22)17-10-5-4-6-11-17/h7,9,12,17-18H,3-6,8,10-11,13-14H2,1-2H3,(H,21,23). The number of anilines is 1. The van der Waals surface area contributed by atoms with Crippen molar-refractivity contribution in [2.45, 2.75) is 71.3 Å². The second kappa shape index (κ2) is 7.37. The molecule has 3 nitrogen and oxygen atoms in total. The summed E-state index contributed by atoms with van der Waals surface area (Å²) in [5.74, 6) is 0.722. The Morgan fingerprint density at radius 1 is 1.17 bits per heavy atom. The topological polar surface area (TPSA) is 32.3 Å². The lowest BCUT2D eigenvalue weighted by Crippen LogP contribution is -2.43. The molecular weight excluding hydrogens is 284 g/mol. The van der Waals surface area contributed by atoms with Crippen molar-refractivity contribution in [3.63, 3.8) is 0 Å². The SMILES string of the molecule is CCc1cccc(C)c1NC(=O)N1CCCC1C1CCCCC1. The smallest absolute Gasteiger partial charge is 0.321 e. The molecule has 0 bridgehead atoms. The zero-order chi connectivity index (χ0) is 16.2. The molecule has 23 heavy (non-hydrogen) atoms. The monoisotopic (exact) mass is 314 g/mol. The molecule has 2 amide bonds. The van der Waals surface area contributed by atoms with Gasteiger partial charge in [-0.2, -0.15) is 0 Å². The first-order valence-electron chi connectivity index (χ1n) is 9.36. The molecule has 1 aromatic carbocycles. The lowest BCUT2D eigenvalue weighted by Gasteiger charge is -2.34. The van der Waals surface area contributed by atoms with E-state index in [2.05, 4.69) is 42.3 Å². The van der Waals surface area contributed by atoms with Crippen LogP contribution in [0.25, 0.3) is 0 Å². The number of nitrogens with zero attached hydrogens (tertiary/aromatic N) is 1. The van der Waals surface area contributed by atoms with E-state index in [1.807, 2.05) is 0 Å². The van der Waals surface area contributed by atoms with E-state index in [0.29, 0.717) is 6.04 Å². The largest absolute Gasteiger partial charge is 0.322 e. The first kappa shape index (κ1) is 16.4. The minimum atomic E-state index is 0.113. The molecule has 1 unspecified atom stereocenters.